The van der Waals surface area contributed by atoms with Crippen LogP contribution < -0.4 is 15.4 Å². The molecular weight excluding hydrogens is 314 g/mol. The molecule has 0 radical (unpaired) electrons. The topological polar surface area (TPSA) is 61.8 Å². The van der Waals surface area contributed by atoms with Crippen LogP contribution in [0.25, 0.3) is 0 Å². The van der Waals surface area contributed by atoms with Crippen LogP contribution in [-0.4, -0.2) is 55.7 Å². The molecule has 1 aromatic heterocycles. The van der Waals surface area contributed by atoms with Gasteiger partial charge in [-0.15, -0.1) is 0 Å². The van der Waals surface area contributed by atoms with Crippen LogP contribution in [0, 0.1) is 5.92 Å². The number of ether oxygens (including phenoxy) is 1. The summed E-state index contributed by atoms with van der Waals surface area (Å²) in [6, 6.07) is 3.86. The maximum atomic E-state index is 5.08. The molecule has 0 saturated carbocycles. The van der Waals surface area contributed by atoms with E-state index < -0.39 is 0 Å². The minimum Gasteiger partial charge on any atom is -0.481 e. The number of piperidine rings is 1. The van der Waals surface area contributed by atoms with Crippen LogP contribution in [0.1, 0.15) is 38.7 Å². The van der Waals surface area contributed by atoms with Crippen LogP contribution >= 0.6 is 0 Å². The number of guanidine groups is 1. The van der Waals surface area contributed by atoms with Crippen LogP contribution in [-0.2, 0) is 6.54 Å². The van der Waals surface area contributed by atoms with Crippen molar-refractivity contribution in [1.29, 1.82) is 0 Å². The molecule has 0 aliphatic carbocycles. The number of likely N-dealkylation sites (tertiary alicyclic amines) is 1. The number of rotatable bonds is 8. The third kappa shape index (κ3) is 7.30. The van der Waals surface area contributed by atoms with Crippen molar-refractivity contribution in [2.45, 2.75) is 39.7 Å². The maximum Gasteiger partial charge on any atom is 0.212 e. The Morgan fingerprint density at radius 1 is 1.32 bits per heavy atom. The summed E-state index contributed by atoms with van der Waals surface area (Å²) in [7, 11) is 1.62. The Morgan fingerprint density at radius 3 is 2.76 bits per heavy atom. The first kappa shape index (κ1) is 19.5. The van der Waals surface area contributed by atoms with E-state index in [2.05, 4.69) is 39.4 Å². The zero-order chi connectivity index (χ0) is 17.9. The van der Waals surface area contributed by atoms with E-state index >= 15 is 0 Å². The van der Waals surface area contributed by atoms with Crippen molar-refractivity contribution in [3.63, 3.8) is 0 Å². The number of methoxy groups -OCH3 is 1. The van der Waals surface area contributed by atoms with Crippen molar-refractivity contribution in [2.75, 3.05) is 39.8 Å². The molecule has 6 nitrogen and oxygen atoms in total. The van der Waals surface area contributed by atoms with Gasteiger partial charge in [0.15, 0.2) is 5.96 Å². The first-order valence-corrected chi connectivity index (χ1v) is 9.44. The summed E-state index contributed by atoms with van der Waals surface area (Å²) >= 11 is 0. The maximum absolute atomic E-state index is 5.08. The van der Waals surface area contributed by atoms with Crippen molar-refractivity contribution in [1.82, 2.24) is 20.5 Å². The summed E-state index contributed by atoms with van der Waals surface area (Å²) in [5, 5.41) is 6.73. The number of hydrogen-bond acceptors (Lipinski definition) is 4. The Labute approximate surface area is 152 Å². The second-order valence-corrected chi connectivity index (χ2v) is 6.71. The zero-order valence-electron chi connectivity index (χ0n) is 15.9. The predicted octanol–water partition coefficient (Wildman–Crippen LogP) is 2.27. The zero-order valence-corrected chi connectivity index (χ0v) is 15.9. The van der Waals surface area contributed by atoms with Crippen LogP contribution in [0.2, 0.25) is 0 Å². The third-order valence-electron chi connectivity index (χ3n) is 4.59. The minimum absolute atomic E-state index is 0.607. The lowest BCUT2D eigenvalue weighted by Crippen LogP contribution is -2.39. The fourth-order valence-corrected chi connectivity index (χ4v) is 2.93. The van der Waals surface area contributed by atoms with E-state index in [0.29, 0.717) is 12.4 Å². The minimum atomic E-state index is 0.607. The van der Waals surface area contributed by atoms with Crippen molar-refractivity contribution >= 4 is 5.96 Å². The van der Waals surface area contributed by atoms with Gasteiger partial charge in [-0.3, -0.25) is 0 Å². The summed E-state index contributed by atoms with van der Waals surface area (Å²) in [4.78, 5) is 11.4. The largest absolute Gasteiger partial charge is 0.481 e. The summed E-state index contributed by atoms with van der Waals surface area (Å²) in [5.74, 6) is 2.39. The van der Waals surface area contributed by atoms with E-state index in [9.17, 15) is 0 Å². The average molecular weight is 348 g/mol. The molecule has 1 aliphatic heterocycles. The van der Waals surface area contributed by atoms with Gasteiger partial charge in [-0.25, -0.2) is 9.98 Å². The molecule has 6 heteroatoms. The Balaban J connectivity index is 1.71. The van der Waals surface area contributed by atoms with E-state index in [1.54, 1.807) is 7.11 Å². The predicted molar refractivity (Wildman–Crippen MR) is 103 cm³/mol. The van der Waals surface area contributed by atoms with Crippen LogP contribution in [0.15, 0.2) is 23.3 Å². The third-order valence-corrected chi connectivity index (χ3v) is 4.59. The molecule has 1 aromatic rings. The summed E-state index contributed by atoms with van der Waals surface area (Å²) in [6.45, 7) is 10.5. The highest BCUT2D eigenvalue weighted by Crippen LogP contribution is 2.15. The van der Waals surface area contributed by atoms with Crippen LogP contribution in [0.5, 0.6) is 5.88 Å². The van der Waals surface area contributed by atoms with Gasteiger partial charge in [0.05, 0.1) is 13.7 Å². The van der Waals surface area contributed by atoms with Gasteiger partial charge in [-0.1, -0.05) is 13.0 Å². The van der Waals surface area contributed by atoms with Gasteiger partial charge in [-0.2, -0.15) is 0 Å². The van der Waals surface area contributed by atoms with Crippen molar-refractivity contribution in [3.8, 4) is 5.88 Å². The highest BCUT2D eigenvalue weighted by molar-refractivity contribution is 5.79. The average Bonchev–Trinajstić information content (AvgIpc) is 2.65. The molecule has 1 saturated heterocycles. The highest BCUT2D eigenvalue weighted by atomic mass is 16.5. The summed E-state index contributed by atoms with van der Waals surface area (Å²) in [6.07, 6.45) is 5.63. The Bertz CT molecular complexity index is 509. The molecule has 2 heterocycles. The quantitative estimate of drug-likeness (QED) is 0.429. The molecule has 2 N–H and O–H groups in total. The molecule has 140 valence electrons. The monoisotopic (exact) mass is 347 g/mol. The van der Waals surface area contributed by atoms with Gasteiger partial charge in [0.1, 0.15) is 0 Å². The Morgan fingerprint density at radius 2 is 2.12 bits per heavy atom. The summed E-state index contributed by atoms with van der Waals surface area (Å²) < 4.78 is 5.08. The van der Waals surface area contributed by atoms with Crippen LogP contribution in [0.4, 0.5) is 0 Å². The number of aromatic nitrogens is 1. The van der Waals surface area contributed by atoms with Crippen molar-refractivity contribution in [3.05, 3.63) is 23.9 Å². The highest BCUT2D eigenvalue weighted by Gasteiger charge is 2.14. The Hall–Kier alpha value is -1.82. The van der Waals surface area contributed by atoms with Crippen molar-refractivity contribution < 1.29 is 4.74 Å². The molecule has 25 heavy (non-hydrogen) atoms. The standard InChI is InChI=1S/C19H33N5O/c1-4-20-19(23-15-17-6-7-18(25-3)22-14-17)21-10-5-11-24-12-8-16(2)9-13-24/h6-7,14,16H,4-5,8-13,15H2,1-3H3,(H2,20,21,23). The van der Waals surface area contributed by atoms with Crippen molar-refractivity contribution in [2.24, 2.45) is 10.9 Å². The molecule has 0 atom stereocenters. The number of nitrogens with zero attached hydrogens (tertiary/aromatic N) is 3. The van der Waals surface area contributed by atoms with E-state index in [1.807, 2.05) is 18.3 Å². The molecule has 0 spiro atoms. The van der Waals surface area contributed by atoms with Gasteiger partial charge in [0.25, 0.3) is 0 Å². The molecule has 1 aliphatic rings. The molecular formula is C19H33N5O. The molecule has 2 rings (SSSR count). The normalized spacial score (nSPS) is 16.7. The van der Waals surface area contributed by atoms with Gasteiger partial charge in [0.2, 0.25) is 5.88 Å². The smallest absolute Gasteiger partial charge is 0.212 e. The number of pyridine rings is 1. The van der Waals surface area contributed by atoms with E-state index in [4.69, 9.17) is 4.74 Å². The second-order valence-electron chi connectivity index (χ2n) is 6.71. The lowest BCUT2D eigenvalue weighted by molar-refractivity contribution is 0.191. The lowest BCUT2D eigenvalue weighted by Gasteiger charge is -2.30. The first-order valence-electron chi connectivity index (χ1n) is 9.44. The van der Waals surface area contributed by atoms with Gasteiger partial charge < -0.3 is 20.3 Å². The number of aliphatic imine (C=N–C) groups is 1. The molecule has 0 unspecified atom stereocenters. The van der Waals surface area contributed by atoms with E-state index in [1.165, 1.54) is 32.5 Å². The fraction of sp³-hybridized carbons (Fsp3) is 0.684. The second kappa shape index (κ2) is 10.9. The van der Waals surface area contributed by atoms with E-state index in [0.717, 1.165) is 37.0 Å². The fourth-order valence-electron chi connectivity index (χ4n) is 2.93. The van der Waals surface area contributed by atoms with Gasteiger partial charge in [0, 0.05) is 25.4 Å². The number of nitrogens with one attached hydrogen (secondary N) is 2. The SMILES string of the molecule is CCNC(=NCc1ccc(OC)nc1)NCCCN1CCC(C)CC1. The molecule has 1 fully saturated rings. The first-order chi connectivity index (χ1) is 12.2. The van der Waals surface area contributed by atoms with Gasteiger partial charge >= 0.3 is 0 Å². The van der Waals surface area contributed by atoms with E-state index in [-0.39, 0.29) is 0 Å². The molecule has 0 aromatic carbocycles. The van der Waals surface area contributed by atoms with Gasteiger partial charge in [-0.05, 0) is 57.3 Å². The van der Waals surface area contributed by atoms with Crippen LogP contribution in [0.3, 0.4) is 0 Å². The number of hydrogen-bond donors (Lipinski definition) is 2. The molecule has 0 bridgehead atoms. The molecule has 0 amide bonds. The summed E-state index contributed by atoms with van der Waals surface area (Å²) in [5.41, 5.74) is 1.07. The lowest BCUT2D eigenvalue weighted by atomic mass is 9.99. The Kier molecular flexibility index (Phi) is 8.52.